The fourth-order valence-electron chi connectivity index (χ4n) is 2.20. The van der Waals surface area contributed by atoms with E-state index in [4.69, 9.17) is 0 Å². The average Bonchev–Trinajstić information content (AvgIpc) is 2.86. The van der Waals surface area contributed by atoms with Crippen molar-refractivity contribution in [1.82, 2.24) is 14.5 Å². The predicted molar refractivity (Wildman–Crippen MR) is 76.1 cm³/mol. The summed E-state index contributed by atoms with van der Waals surface area (Å²) < 4.78 is 1.05. The smallest absolute Gasteiger partial charge is 0.328 e. The molecular formula is C12H15N3O5S. The molecule has 21 heavy (non-hydrogen) atoms. The molecule has 1 amide bonds. The van der Waals surface area contributed by atoms with E-state index in [9.17, 15) is 24.3 Å². The molecule has 2 rings (SSSR count). The minimum Gasteiger partial charge on any atom is -0.480 e. The van der Waals surface area contributed by atoms with Crippen molar-refractivity contribution in [3.63, 3.8) is 0 Å². The average molecular weight is 313 g/mol. The van der Waals surface area contributed by atoms with Crippen molar-refractivity contribution >= 4 is 23.6 Å². The second-order valence-electron chi connectivity index (χ2n) is 4.59. The highest BCUT2D eigenvalue weighted by Crippen LogP contribution is 2.31. The number of hydrogen-bond donors (Lipinski definition) is 2. The molecule has 0 radical (unpaired) electrons. The number of carboxylic acids is 1. The molecular weight excluding hydrogens is 298 g/mol. The highest BCUT2D eigenvalue weighted by Gasteiger charge is 2.40. The third-order valence-corrected chi connectivity index (χ3v) is 4.67. The van der Waals surface area contributed by atoms with E-state index in [-0.39, 0.29) is 11.9 Å². The summed E-state index contributed by atoms with van der Waals surface area (Å²) in [5.74, 6) is -1.17. The fraction of sp³-hybridized carbons (Fsp3) is 0.500. The molecule has 2 unspecified atom stereocenters. The molecule has 0 aliphatic carbocycles. The molecule has 114 valence electrons. The Morgan fingerprint density at radius 2 is 2.19 bits per heavy atom. The zero-order valence-electron chi connectivity index (χ0n) is 11.3. The Bertz CT molecular complexity index is 667. The lowest BCUT2D eigenvalue weighted by molar-refractivity contribution is -0.149. The third-order valence-electron chi connectivity index (χ3n) is 3.22. The Kier molecular flexibility index (Phi) is 4.51. The number of aliphatic carboxylic acids is 1. The van der Waals surface area contributed by atoms with E-state index in [1.807, 2.05) is 6.92 Å². The van der Waals surface area contributed by atoms with Crippen LogP contribution < -0.4 is 11.2 Å². The van der Waals surface area contributed by atoms with Crippen LogP contribution in [0.25, 0.3) is 0 Å². The lowest BCUT2D eigenvalue weighted by atomic mass is 10.2. The van der Waals surface area contributed by atoms with Crippen LogP contribution >= 0.6 is 11.8 Å². The minimum atomic E-state index is -1.05. The number of hydrogen-bond acceptors (Lipinski definition) is 5. The zero-order chi connectivity index (χ0) is 15.6. The largest absolute Gasteiger partial charge is 0.480 e. The van der Waals surface area contributed by atoms with Crippen molar-refractivity contribution in [1.29, 1.82) is 0 Å². The summed E-state index contributed by atoms with van der Waals surface area (Å²) in [6.07, 6.45) is 1.85. The van der Waals surface area contributed by atoms with Gasteiger partial charge in [-0.15, -0.1) is 11.8 Å². The normalized spacial score (nSPS) is 21.5. The van der Waals surface area contributed by atoms with E-state index in [0.717, 1.165) is 10.6 Å². The molecule has 2 N–H and O–H groups in total. The van der Waals surface area contributed by atoms with Gasteiger partial charge in [-0.2, -0.15) is 0 Å². The van der Waals surface area contributed by atoms with E-state index >= 15 is 0 Å². The Labute approximate surface area is 123 Å². The first kappa shape index (κ1) is 15.4. The summed E-state index contributed by atoms with van der Waals surface area (Å²) in [5, 5.41) is 8.97. The SMILES string of the molecule is CCC1SCC(C(=O)O)N1C(=O)Cn1ccc(=O)[nH]c1=O. The summed E-state index contributed by atoms with van der Waals surface area (Å²) >= 11 is 1.41. The summed E-state index contributed by atoms with van der Waals surface area (Å²) in [4.78, 5) is 49.5. The van der Waals surface area contributed by atoms with Gasteiger partial charge >= 0.3 is 11.7 Å². The summed E-state index contributed by atoms with van der Waals surface area (Å²) in [5.41, 5.74) is -1.24. The molecule has 0 saturated carbocycles. The van der Waals surface area contributed by atoms with Gasteiger partial charge in [-0.05, 0) is 6.42 Å². The third kappa shape index (κ3) is 3.18. The first-order valence-electron chi connectivity index (χ1n) is 6.39. The number of rotatable bonds is 4. The van der Waals surface area contributed by atoms with Gasteiger partial charge in [0.1, 0.15) is 12.6 Å². The van der Waals surface area contributed by atoms with Gasteiger partial charge in [0.25, 0.3) is 5.56 Å². The number of amides is 1. The zero-order valence-corrected chi connectivity index (χ0v) is 12.1. The maximum absolute atomic E-state index is 12.3. The summed E-state index contributed by atoms with van der Waals surface area (Å²) in [6.45, 7) is 1.57. The van der Waals surface area contributed by atoms with Crippen LogP contribution in [0.4, 0.5) is 0 Å². The summed E-state index contributed by atoms with van der Waals surface area (Å²) in [7, 11) is 0. The van der Waals surface area contributed by atoms with Crippen LogP contribution in [0.5, 0.6) is 0 Å². The number of nitrogens with zero attached hydrogens (tertiary/aromatic N) is 2. The van der Waals surface area contributed by atoms with Crippen LogP contribution in [0.15, 0.2) is 21.9 Å². The van der Waals surface area contributed by atoms with Crippen LogP contribution in [-0.4, -0.2) is 48.6 Å². The van der Waals surface area contributed by atoms with Crippen LogP contribution in [-0.2, 0) is 16.1 Å². The van der Waals surface area contributed by atoms with Crippen molar-refractivity contribution in [3.8, 4) is 0 Å². The van der Waals surface area contributed by atoms with Gasteiger partial charge in [0.15, 0.2) is 0 Å². The van der Waals surface area contributed by atoms with E-state index in [2.05, 4.69) is 4.98 Å². The minimum absolute atomic E-state index is 0.211. The molecule has 9 heteroatoms. The van der Waals surface area contributed by atoms with Crippen molar-refractivity contribution in [3.05, 3.63) is 33.1 Å². The van der Waals surface area contributed by atoms with E-state index in [0.29, 0.717) is 12.2 Å². The van der Waals surface area contributed by atoms with Gasteiger partial charge in [-0.25, -0.2) is 9.59 Å². The summed E-state index contributed by atoms with van der Waals surface area (Å²) in [6, 6.07) is 0.255. The predicted octanol–water partition coefficient (Wildman–Crippen LogP) is -0.699. The standard InChI is InChI=1S/C12H15N3O5S/c1-2-10-15(7(6-21-10)11(18)19)9(17)5-14-4-3-8(16)13-12(14)20/h3-4,7,10H,2,5-6H2,1H3,(H,18,19)(H,13,16,20). The number of H-pyrrole nitrogens is 1. The van der Waals surface area contributed by atoms with Crippen molar-refractivity contribution in [2.75, 3.05) is 5.75 Å². The molecule has 2 atom stereocenters. The maximum Gasteiger partial charge on any atom is 0.328 e. The molecule has 2 heterocycles. The van der Waals surface area contributed by atoms with Crippen molar-refractivity contribution in [2.45, 2.75) is 31.3 Å². The molecule has 1 aliphatic rings. The van der Waals surface area contributed by atoms with Gasteiger partial charge in [0.2, 0.25) is 5.91 Å². The number of aromatic amines is 1. The Hall–Kier alpha value is -2.03. The van der Waals surface area contributed by atoms with Crippen LogP contribution in [0.2, 0.25) is 0 Å². The number of carbonyl (C=O) groups is 2. The second-order valence-corrected chi connectivity index (χ2v) is 5.80. The monoisotopic (exact) mass is 313 g/mol. The fourth-order valence-corrected chi connectivity index (χ4v) is 3.57. The van der Waals surface area contributed by atoms with Crippen LogP contribution in [0, 0.1) is 0 Å². The molecule has 1 aromatic heterocycles. The Morgan fingerprint density at radius 3 is 2.76 bits per heavy atom. The van der Waals surface area contributed by atoms with Gasteiger partial charge in [-0.1, -0.05) is 6.92 Å². The highest BCUT2D eigenvalue weighted by atomic mass is 32.2. The number of carboxylic acid groups (broad SMARTS) is 1. The Balaban J connectivity index is 2.22. The van der Waals surface area contributed by atoms with Crippen molar-refractivity contribution < 1.29 is 14.7 Å². The second kappa shape index (κ2) is 6.17. The highest BCUT2D eigenvalue weighted by molar-refractivity contribution is 8.00. The first-order valence-corrected chi connectivity index (χ1v) is 7.44. The molecule has 0 spiro atoms. The number of carbonyl (C=O) groups excluding carboxylic acids is 1. The number of thioether (sulfide) groups is 1. The molecule has 1 aromatic rings. The van der Waals surface area contributed by atoms with Gasteiger partial charge in [-0.3, -0.25) is 19.1 Å². The first-order chi connectivity index (χ1) is 9.93. The van der Waals surface area contributed by atoms with E-state index in [1.165, 1.54) is 22.9 Å². The van der Waals surface area contributed by atoms with E-state index < -0.39 is 29.2 Å². The molecule has 0 aromatic carbocycles. The number of aromatic nitrogens is 2. The lowest BCUT2D eigenvalue weighted by Crippen LogP contribution is -2.47. The lowest BCUT2D eigenvalue weighted by Gasteiger charge is -2.26. The number of nitrogens with one attached hydrogen (secondary N) is 1. The van der Waals surface area contributed by atoms with E-state index in [1.54, 1.807) is 0 Å². The molecule has 1 fully saturated rings. The molecule has 1 saturated heterocycles. The maximum atomic E-state index is 12.3. The van der Waals surface area contributed by atoms with Gasteiger partial charge in [0.05, 0.1) is 5.37 Å². The quantitative estimate of drug-likeness (QED) is 0.760. The van der Waals surface area contributed by atoms with Crippen LogP contribution in [0.1, 0.15) is 13.3 Å². The molecule has 0 bridgehead atoms. The van der Waals surface area contributed by atoms with Gasteiger partial charge < -0.3 is 10.0 Å². The topological polar surface area (TPSA) is 112 Å². The van der Waals surface area contributed by atoms with Gasteiger partial charge in [0, 0.05) is 18.0 Å². The molecule has 8 nitrogen and oxygen atoms in total. The van der Waals surface area contributed by atoms with Crippen LogP contribution in [0.3, 0.4) is 0 Å². The molecule has 1 aliphatic heterocycles. The Morgan fingerprint density at radius 1 is 1.48 bits per heavy atom. The van der Waals surface area contributed by atoms with Crippen molar-refractivity contribution in [2.24, 2.45) is 0 Å².